The Bertz CT molecular complexity index is 1210. The van der Waals surface area contributed by atoms with Crippen LogP contribution >= 0.6 is 11.3 Å². The highest BCUT2D eigenvalue weighted by Crippen LogP contribution is 2.32. The molecule has 1 aromatic carbocycles. The molecule has 3 rings (SSSR count). The standard InChI is InChI=1S/C25H27NO12S/c1-12(27)33-9-21-22(34-13(2)28)23(35-14(3)29)24(36-15(4)30)25(38-21)37-17-5-6-18(20(32)8-17)19(31)7-16-10-39-11-26-16/h5-6,8,10-11,21-25,32H,7,9H2,1-4H3/t21-,22-,23+,24+,25-/m1/s1. The number of phenolic OH excluding ortho intramolecular Hbond substituents is 1. The summed E-state index contributed by atoms with van der Waals surface area (Å²) in [4.78, 5) is 63.8. The molecule has 0 radical (unpaired) electrons. The molecule has 0 unspecified atom stereocenters. The van der Waals surface area contributed by atoms with Crippen molar-refractivity contribution in [2.24, 2.45) is 0 Å². The van der Waals surface area contributed by atoms with E-state index < -0.39 is 66.9 Å². The SMILES string of the molecule is CC(=O)OC[C@H]1O[C@@H](Oc2ccc(C(=O)Cc3cscn3)c(O)c2)[C@@H](OC(C)=O)[C@@H](OC(C)=O)[C@@H]1OC(C)=O. The Kier molecular flexibility index (Phi) is 9.95. The summed E-state index contributed by atoms with van der Waals surface area (Å²) >= 11 is 1.34. The minimum Gasteiger partial charge on any atom is -0.507 e. The van der Waals surface area contributed by atoms with Gasteiger partial charge in [-0.25, -0.2) is 4.98 Å². The average molecular weight is 566 g/mol. The molecule has 0 spiro atoms. The number of benzene rings is 1. The molecule has 1 N–H and O–H groups in total. The molecular formula is C25H27NO12S. The number of rotatable bonds is 10. The minimum atomic E-state index is -1.48. The van der Waals surface area contributed by atoms with Gasteiger partial charge in [-0.2, -0.15) is 0 Å². The van der Waals surface area contributed by atoms with Crippen molar-refractivity contribution in [3.63, 3.8) is 0 Å². The molecule has 1 aliphatic rings. The van der Waals surface area contributed by atoms with Crippen LogP contribution in [0.25, 0.3) is 0 Å². The van der Waals surface area contributed by atoms with Crippen LogP contribution in [0.1, 0.15) is 43.7 Å². The number of phenols is 1. The Labute approximate surface area is 226 Å². The van der Waals surface area contributed by atoms with Crippen LogP contribution in [0.2, 0.25) is 0 Å². The zero-order valence-electron chi connectivity index (χ0n) is 21.5. The zero-order chi connectivity index (χ0) is 28.7. The first kappa shape index (κ1) is 29.5. The summed E-state index contributed by atoms with van der Waals surface area (Å²) in [5, 5.41) is 12.2. The lowest BCUT2D eigenvalue weighted by Crippen LogP contribution is -2.63. The molecule has 1 fully saturated rings. The predicted molar refractivity (Wildman–Crippen MR) is 131 cm³/mol. The van der Waals surface area contributed by atoms with Gasteiger partial charge in [-0.3, -0.25) is 24.0 Å². The summed E-state index contributed by atoms with van der Waals surface area (Å²) in [7, 11) is 0. The Balaban J connectivity index is 1.91. The van der Waals surface area contributed by atoms with E-state index in [2.05, 4.69) is 4.98 Å². The van der Waals surface area contributed by atoms with Gasteiger partial charge in [0.05, 0.1) is 23.2 Å². The van der Waals surface area contributed by atoms with Gasteiger partial charge in [-0.05, 0) is 12.1 Å². The van der Waals surface area contributed by atoms with E-state index in [1.54, 1.807) is 10.9 Å². The third kappa shape index (κ3) is 8.22. The third-order valence-electron chi connectivity index (χ3n) is 5.30. The number of ether oxygens (including phenoxy) is 6. The van der Waals surface area contributed by atoms with Crippen molar-refractivity contribution in [3.05, 3.63) is 40.3 Å². The molecule has 2 aromatic rings. The van der Waals surface area contributed by atoms with E-state index >= 15 is 0 Å². The minimum absolute atomic E-state index is 0.00129. The first-order chi connectivity index (χ1) is 18.4. The van der Waals surface area contributed by atoms with Crippen LogP contribution in [0.15, 0.2) is 29.1 Å². The van der Waals surface area contributed by atoms with Crippen molar-refractivity contribution in [2.75, 3.05) is 6.61 Å². The first-order valence-electron chi connectivity index (χ1n) is 11.6. The Morgan fingerprint density at radius 3 is 2.13 bits per heavy atom. The molecule has 210 valence electrons. The van der Waals surface area contributed by atoms with E-state index in [0.717, 1.165) is 33.8 Å². The summed E-state index contributed by atoms with van der Waals surface area (Å²) in [6, 6.07) is 3.87. The molecule has 1 saturated heterocycles. The molecule has 5 atom stereocenters. The fourth-order valence-electron chi connectivity index (χ4n) is 3.82. The normalized spacial score (nSPS) is 22.3. The summed E-state index contributed by atoms with van der Waals surface area (Å²) in [5.41, 5.74) is 2.17. The average Bonchev–Trinajstić information content (AvgIpc) is 3.33. The quantitative estimate of drug-likeness (QED) is 0.251. The largest absolute Gasteiger partial charge is 0.507 e. The second-order valence-electron chi connectivity index (χ2n) is 8.44. The molecule has 1 aromatic heterocycles. The summed E-state index contributed by atoms with van der Waals surface area (Å²) < 4.78 is 32.7. The molecule has 2 heterocycles. The lowest BCUT2D eigenvalue weighted by Gasteiger charge is -2.43. The van der Waals surface area contributed by atoms with Gasteiger partial charge in [0.2, 0.25) is 12.4 Å². The summed E-state index contributed by atoms with van der Waals surface area (Å²) in [5.74, 6) is -3.78. The van der Waals surface area contributed by atoms with Crippen molar-refractivity contribution in [1.29, 1.82) is 0 Å². The Morgan fingerprint density at radius 2 is 1.56 bits per heavy atom. The number of carbonyl (C=O) groups is 5. The molecule has 39 heavy (non-hydrogen) atoms. The smallest absolute Gasteiger partial charge is 0.303 e. The fourth-order valence-corrected chi connectivity index (χ4v) is 4.38. The van der Waals surface area contributed by atoms with Crippen molar-refractivity contribution in [3.8, 4) is 11.5 Å². The number of esters is 4. The first-order valence-corrected chi connectivity index (χ1v) is 12.6. The molecule has 0 amide bonds. The topological polar surface area (TPSA) is 174 Å². The van der Waals surface area contributed by atoms with Gasteiger partial charge < -0.3 is 33.5 Å². The molecule has 1 aliphatic heterocycles. The number of hydrogen-bond acceptors (Lipinski definition) is 14. The molecule has 13 nitrogen and oxygen atoms in total. The van der Waals surface area contributed by atoms with Crippen LogP contribution in [0.4, 0.5) is 0 Å². The number of carbonyl (C=O) groups excluding carboxylic acids is 5. The van der Waals surface area contributed by atoms with E-state index in [1.165, 1.54) is 23.5 Å². The van der Waals surface area contributed by atoms with E-state index in [-0.39, 0.29) is 23.5 Å². The molecule has 0 saturated carbocycles. The van der Waals surface area contributed by atoms with E-state index in [0.29, 0.717) is 5.69 Å². The van der Waals surface area contributed by atoms with Crippen molar-refractivity contribution >= 4 is 41.0 Å². The van der Waals surface area contributed by atoms with E-state index in [9.17, 15) is 29.1 Å². The number of ketones is 1. The Hall–Kier alpha value is -4.04. The van der Waals surface area contributed by atoms with Crippen LogP contribution in [-0.2, 0) is 49.3 Å². The summed E-state index contributed by atoms with van der Waals surface area (Å²) in [6.45, 7) is 4.04. The second-order valence-corrected chi connectivity index (χ2v) is 9.16. The second kappa shape index (κ2) is 13.2. The van der Waals surface area contributed by atoms with Gasteiger partial charge in [-0.1, -0.05) is 0 Å². The number of aromatic hydroxyl groups is 1. The number of Topliss-reactive ketones (excluding diaryl/α,β-unsaturated/α-hetero) is 1. The van der Waals surface area contributed by atoms with Gasteiger partial charge in [0.1, 0.15) is 24.2 Å². The van der Waals surface area contributed by atoms with E-state index in [1.807, 2.05) is 0 Å². The highest BCUT2D eigenvalue weighted by Gasteiger charge is 2.53. The predicted octanol–water partition coefficient (Wildman–Crippen LogP) is 1.74. The number of hydrogen-bond donors (Lipinski definition) is 1. The number of aromatic nitrogens is 1. The molecule has 14 heteroatoms. The van der Waals surface area contributed by atoms with Gasteiger partial charge in [0.25, 0.3) is 0 Å². The summed E-state index contributed by atoms with van der Waals surface area (Å²) in [6.07, 6.45) is -6.90. The third-order valence-corrected chi connectivity index (χ3v) is 5.93. The van der Waals surface area contributed by atoms with Gasteiger partial charge >= 0.3 is 23.9 Å². The maximum atomic E-state index is 12.6. The van der Waals surface area contributed by atoms with Crippen LogP contribution in [0, 0.1) is 0 Å². The maximum absolute atomic E-state index is 12.6. The van der Waals surface area contributed by atoms with Crippen LogP contribution in [0.3, 0.4) is 0 Å². The van der Waals surface area contributed by atoms with Gasteiger partial charge in [-0.15, -0.1) is 11.3 Å². The van der Waals surface area contributed by atoms with Crippen molar-refractivity contribution < 1.29 is 57.5 Å². The van der Waals surface area contributed by atoms with Crippen LogP contribution < -0.4 is 4.74 Å². The van der Waals surface area contributed by atoms with E-state index in [4.69, 9.17) is 28.4 Å². The molecule has 0 bridgehead atoms. The highest BCUT2D eigenvalue weighted by atomic mass is 32.1. The molecular weight excluding hydrogens is 538 g/mol. The van der Waals surface area contributed by atoms with Crippen LogP contribution in [0.5, 0.6) is 11.5 Å². The van der Waals surface area contributed by atoms with Crippen molar-refractivity contribution in [2.45, 2.75) is 64.8 Å². The highest BCUT2D eigenvalue weighted by molar-refractivity contribution is 7.07. The van der Waals surface area contributed by atoms with Crippen molar-refractivity contribution in [1.82, 2.24) is 4.98 Å². The van der Waals surface area contributed by atoms with Gasteiger partial charge in [0.15, 0.2) is 18.0 Å². The number of thiazole rings is 1. The lowest BCUT2D eigenvalue weighted by molar-refractivity contribution is -0.288. The maximum Gasteiger partial charge on any atom is 0.303 e. The molecule has 0 aliphatic carbocycles. The fraction of sp³-hybridized carbons (Fsp3) is 0.440. The zero-order valence-corrected chi connectivity index (χ0v) is 22.3. The lowest BCUT2D eigenvalue weighted by atomic mass is 9.98. The van der Waals surface area contributed by atoms with Crippen LogP contribution in [-0.4, -0.2) is 77.1 Å². The number of nitrogens with zero attached hydrogens (tertiary/aromatic N) is 1. The van der Waals surface area contributed by atoms with Gasteiger partial charge in [0, 0.05) is 39.1 Å². The monoisotopic (exact) mass is 565 g/mol. The Morgan fingerprint density at radius 1 is 0.923 bits per heavy atom.